The van der Waals surface area contributed by atoms with Crippen LogP contribution in [0.5, 0.6) is 0 Å². The van der Waals surface area contributed by atoms with E-state index in [2.05, 4.69) is 13.8 Å². The summed E-state index contributed by atoms with van der Waals surface area (Å²) >= 11 is 0. The van der Waals surface area contributed by atoms with E-state index in [1.165, 1.54) is 0 Å². The SMILES string of the molecule is CCCCCOC(=O)c1ccccc1C(=O)OC(CC)CCCC. The molecule has 0 spiro atoms. The van der Waals surface area contributed by atoms with Gasteiger partial charge in [-0.2, -0.15) is 0 Å². The van der Waals surface area contributed by atoms with E-state index < -0.39 is 11.9 Å². The fourth-order valence-electron chi connectivity index (χ4n) is 2.43. The highest BCUT2D eigenvalue weighted by atomic mass is 16.5. The maximum absolute atomic E-state index is 12.4. The molecule has 1 unspecified atom stereocenters. The van der Waals surface area contributed by atoms with Crippen molar-refractivity contribution in [3.05, 3.63) is 35.4 Å². The molecule has 0 radical (unpaired) electrons. The Labute approximate surface area is 145 Å². The Morgan fingerprint density at radius 3 is 2.12 bits per heavy atom. The van der Waals surface area contributed by atoms with Gasteiger partial charge in [0.25, 0.3) is 0 Å². The third-order valence-electron chi connectivity index (χ3n) is 3.96. The van der Waals surface area contributed by atoms with Crippen LogP contribution in [0.1, 0.15) is 86.4 Å². The van der Waals surface area contributed by atoms with Crippen molar-refractivity contribution in [2.24, 2.45) is 0 Å². The average Bonchev–Trinajstić information content (AvgIpc) is 2.61. The van der Waals surface area contributed by atoms with Crippen LogP contribution in [0, 0.1) is 0 Å². The Balaban J connectivity index is 2.73. The minimum atomic E-state index is -0.458. The highest BCUT2D eigenvalue weighted by Gasteiger charge is 2.21. The van der Waals surface area contributed by atoms with Crippen LogP contribution in [-0.2, 0) is 9.47 Å². The molecule has 0 fully saturated rings. The van der Waals surface area contributed by atoms with Crippen LogP contribution in [0.25, 0.3) is 0 Å². The molecular weight excluding hydrogens is 304 g/mol. The lowest BCUT2D eigenvalue weighted by atomic mass is 10.1. The van der Waals surface area contributed by atoms with Crippen LogP contribution in [-0.4, -0.2) is 24.6 Å². The van der Waals surface area contributed by atoms with E-state index in [1.807, 2.05) is 6.92 Å². The van der Waals surface area contributed by atoms with E-state index in [4.69, 9.17) is 9.47 Å². The molecule has 0 N–H and O–H groups in total. The lowest BCUT2D eigenvalue weighted by Gasteiger charge is -2.17. The quantitative estimate of drug-likeness (QED) is 0.414. The molecule has 0 saturated heterocycles. The Morgan fingerprint density at radius 2 is 1.54 bits per heavy atom. The molecule has 0 saturated carbocycles. The summed E-state index contributed by atoms with van der Waals surface area (Å²) in [4.78, 5) is 24.7. The first kappa shape index (κ1) is 20.2. The highest BCUT2D eigenvalue weighted by Crippen LogP contribution is 2.16. The Morgan fingerprint density at radius 1 is 0.917 bits per heavy atom. The van der Waals surface area contributed by atoms with Crippen LogP contribution < -0.4 is 0 Å². The molecule has 4 nitrogen and oxygen atoms in total. The zero-order chi connectivity index (χ0) is 17.8. The molecule has 1 atom stereocenters. The molecule has 1 aromatic carbocycles. The highest BCUT2D eigenvalue weighted by molar-refractivity contribution is 6.03. The summed E-state index contributed by atoms with van der Waals surface area (Å²) < 4.78 is 10.8. The first-order valence-corrected chi connectivity index (χ1v) is 9.11. The first-order chi connectivity index (χ1) is 11.6. The zero-order valence-corrected chi connectivity index (χ0v) is 15.2. The minimum absolute atomic E-state index is 0.105. The van der Waals surface area contributed by atoms with Gasteiger partial charge in [0.05, 0.1) is 17.7 Å². The predicted molar refractivity (Wildman–Crippen MR) is 95.3 cm³/mol. The van der Waals surface area contributed by atoms with Crippen molar-refractivity contribution in [2.75, 3.05) is 6.61 Å². The van der Waals surface area contributed by atoms with Gasteiger partial charge in [0.15, 0.2) is 0 Å². The van der Waals surface area contributed by atoms with Gasteiger partial charge in [-0.3, -0.25) is 0 Å². The smallest absolute Gasteiger partial charge is 0.339 e. The number of ether oxygens (including phenoxy) is 2. The largest absolute Gasteiger partial charge is 0.462 e. The van der Waals surface area contributed by atoms with Crippen molar-refractivity contribution < 1.29 is 19.1 Å². The van der Waals surface area contributed by atoms with Gasteiger partial charge >= 0.3 is 11.9 Å². The van der Waals surface area contributed by atoms with Gasteiger partial charge in [0.2, 0.25) is 0 Å². The van der Waals surface area contributed by atoms with Crippen LogP contribution in [0.4, 0.5) is 0 Å². The second kappa shape index (κ2) is 11.7. The topological polar surface area (TPSA) is 52.6 Å². The van der Waals surface area contributed by atoms with Crippen molar-refractivity contribution >= 4 is 11.9 Å². The molecule has 1 rings (SSSR count). The second-order valence-electron chi connectivity index (χ2n) is 5.97. The van der Waals surface area contributed by atoms with Crippen LogP contribution >= 0.6 is 0 Å². The summed E-state index contributed by atoms with van der Waals surface area (Å²) in [6.45, 7) is 6.58. The first-order valence-electron chi connectivity index (χ1n) is 9.11. The van der Waals surface area contributed by atoms with E-state index in [9.17, 15) is 9.59 Å². The Hall–Kier alpha value is -1.84. The summed E-state index contributed by atoms with van der Waals surface area (Å²) in [6, 6.07) is 6.70. The van der Waals surface area contributed by atoms with Gasteiger partial charge in [0, 0.05) is 0 Å². The van der Waals surface area contributed by atoms with E-state index in [0.29, 0.717) is 6.61 Å². The van der Waals surface area contributed by atoms with Crippen molar-refractivity contribution in [3.8, 4) is 0 Å². The fourth-order valence-corrected chi connectivity index (χ4v) is 2.43. The molecule has 0 amide bonds. The van der Waals surface area contributed by atoms with Crippen LogP contribution in [0.15, 0.2) is 24.3 Å². The summed E-state index contributed by atoms with van der Waals surface area (Å²) in [5.41, 5.74) is 0.567. The van der Waals surface area contributed by atoms with E-state index >= 15 is 0 Å². The normalized spacial score (nSPS) is 11.8. The lowest BCUT2D eigenvalue weighted by molar-refractivity contribution is 0.0258. The fraction of sp³-hybridized carbons (Fsp3) is 0.600. The number of carbonyl (C=O) groups excluding carboxylic acids is 2. The van der Waals surface area contributed by atoms with Gasteiger partial charge in [-0.15, -0.1) is 0 Å². The molecular formula is C20H30O4. The zero-order valence-electron chi connectivity index (χ0n) is 15.2. The minimum Gasteiger partial charge on any atom is -0.462 e. The number of carbonyl (C=O) groups is 2. The number of hydrogen-bond acceptors (Lipinski definition) is 4. The maximum atomic E-state index is 12.4. The monoisotopic (exact) mass is 334 g/mol. The molecule has 0 aliphatic heterocycles. The number of esters is 2. The van der Waals surface area contributed by atoms with Crippen molar-refractivity contribution in [3.63, 3.8) is 0 Å². The van der Waals surface area contributed by atoms with Crippen molar-refractivity contribution in [1.82, 2.24) is 0 Å². The number of benzene rings is 1. The second-order valence-corrected chi connectivity index (χ2v) is 5.97. The van der Waals surface area contributed by atoms with Gasteiger partial charge in [-0.25, -0.2) is 9.59 Å². The summed E-state index contributed by atoms with van der Waals surface area (Å²) in [7, 11) is 0. The Kier molecular flexibility index (Phi) is 9.81. The molecule has 4 heteroatoms. The lowest BCUT2D eigenvalue weighted by Crippen LogP contribution is -2.20. The molecule has 0 bridgehead atoms. The van der Waals surface area contributed by atoms with Gasteiger partial charge in [-0.05, 0) is 31.4 Å². The molecule has 134 valence electrons. The van der Waals surface area contributed by atoms with E-state index in [-0.39, 0.29) is 17.2 Å². The summed E-state index contributed by atoms with van der Waals surface area (Å²) in [6.07, 6.45) is 6.53. The third-order valence-corrected chi connectivity index (χ3v) is 3.96. The molecule has 0 aliphatic rings. The molecule has 0 heterocycles. The maximum Gasteiger partial charge on any atom is 0.339 e. The van der Waals surface area contributed by atoms with E-state index in [1.54, 1.807) is 24.3 Å². The van der Waals surface area contributed by atoms with Crippen molar-refractivity contribution in [1.29, 1.82) is 0 Å². The van der Waals surface area contributed by atoms with Crippen molar-refractivity contribution in [2.45, 2.75) is 71.8 Å². The predicted octanol–water partition coefficient (Wildman–Crippen LogP) is 5.16. The van der Waals surface area contributed by atoms with E-state index in [0.717, 1.165) is 44.9 Å². The standard InChI is InChI=1S/C20H30O4/c1-4-7-11-15-23-19(21)17-13-9-10-14-18(17)20(22)24-16(6-3)12-8-5-2/h9-10,13-14,16H,4-8,11-12,15H2,1-3H3. The third kappa shape index (κ3) is 6.73. The molecule has 0 aromatic heterocycles. The molecule has 24 heavy (non-hydrogen) atoms. The average molecular weight is 334 g/mol. The molecule has 1 aromatic rings. The van der Waals surface area contributed by atoms with Crippen LogP contribution in [0.3, 0.4) is 0 Å². The molecule has 0 aliphatic carbocycles. The Bertz CT molecular complexity index is 510. The van der Waals surface area contributed by atoms with Gasteiger partial charge in [-0.1, -0.05) is 58.6 Å². The number of hydrogen-bond donors (Lipinski definition) is 0. The van der Waals surface area contributed by atoms with Gasteiger partial charge in [0.1, 0.15) is 6.10 Å². The summed E-state index contributed by atoms with van der Waals surface area (Å²) in [5.74, 6) is -0.903. The number of rotatable bonds is 11. The summed E-state index contributed by atoms with van der Waals surface area (Å²) in [5, 5.41) is 0. The number of unbranched alkanes of at least 4 members (excludes halogenated alkanes) is 3. The van der Waals surface area contributed by atoms with Gasteiger partial charge < -0.3 is 9.47 Å². The van der Waals surface area contributed by atoms with Crippen LogP contribution in [0.2, 0.25) is 0 Å².